The summed E-state index contributed by atoms with van der Waals surface area (Å²) in [6.07, 6.45) is 6.22. The molecule has 1 aliphatic heterocycles. The molecule has 260 valence electrons. The van der Waals surface area contributed by atoms with Crippen LogP contribution in [0.3, 0.4) is 0 Å². The van der Waals surface area contributed by atoms with Gasteiger partial charge in [-0.1, -0.05) is 60.7 Å². The number of amides is 2. The molecule has 11 nitrogen and oxygen atoms in total. The van der Waals surface area contributed by atoms with Crippen molar-refractivity contribution in [1.82, 2.24) is 25.3 Å². The van der Waals surface area contributed by atoms with E-state index in [0.29, 0.717) is 26.1 Å². The summed E-state index contributed by atoms with van der Waals surface area (Å²) in [5.74, 6) is -1.07. The second-order valence-corrected chi connectivity index (χ2v) is 14.6. The number of nitrogens with zero attached hydrogens (tertiary/aromatic N) is 4. The van der Waals surface area contributed by atoms with E-state index in [-0.39, 0.29) is 41.2 Å². The van der Waals surface area contributed by atoms with Crippen LogP contribution in [0.15, 0.2) is 91.3 Å². The molecule has 0 saturated carbocycles. The van der Waals surface area contributed by atoms with Crippen molar-refractivity contribution in [3.8, 4) is 0 Å². The number of hydrogen-bond acceptors (Lipinski definition) is 7. The average molecular weight is 687 g/mol. The van der Waals surface area contributed by atoms with E-state index in [0.717, 1.165) is 46.6 Å². The number of aliphatic hydroxyl groups excluding tert-OH is 1. The number of anilines is 1. The Labute approximate surface area is 289 Å². The molecule has 2 amide bonds. The van der Waals surface area contributed by atoms with Crippen molar-refractivity contribution in [2.24, 2.45) is 5.92 Å². The number of sulfonamides is 1. The van der Waals surface area contributed by atoms with Crippen molar-refractivity contribution in [2.45, 2.75) is 51.4 Å². The first-order chi connectivity index (χ1) is 23.5. The summed E-state index contributed by atoms with van der Waals surface area (Å²) in [4.78, 5) is 29.5. The number of aliphatic hydroxyl groups is 1. The van der Waals surface area contributed by atoms with E-state index in [1.165, 1.54) is 25.2 Å². The molecule has 3 N–H and O–H groups in total. The monoisotopic (exact) mass is 686 g/mol. The van der Waals surface area contributed by atoms with Gasteiger partial charge >= 0.3 is 0 Å². The Morgan fingerprint density at radius 2 is 1.69 bits per heavy atom. The fourth-order valence-corrected chi connectivity index (χ4v) is 6.71. The van der Waals surface area contributed by atoms with Crippen LogP contribution in [0.2, 0.25) is 0 Å². The van der Waals surface area contributed by atoms with Gasteiger partial charge in [-0.15, -0.1) is 0 Å². The van der Waals surface area contributed by atoms with Gasteiger partial charge in [0.15, 0.2) is 0 Å². The van der Waals surface area contributed by atoms with Gasteiger partial charge in [0.1, 0.15) is 0 Å². The SMILES string of the molecule is CCn1cc(CNCC(O)C(CNC(=O)c2cc(C(=O)N3CCCC3c3ccccc3)cc(N(C)S(C)(=O)=O)c2)Cc2ccccc2)cn1. The first-order valence-electron chi connectivity index (χ1n) is 16.7. The molecular weight excluding hydrogens is 641 g/mol. The predicted molar refractivity (Wildman–Crippen MR) is 191 cm³/mol. The van der Waals surface area contributed by atoms with E-state index in [9.17, 15) is 23.1 Å². The molecule has 1 saturated heterocycles. The van der Waals surface area contributed by atoms with E-state index in [1.54, 1.807) is 11.1 Å². The van der Waals surface area contributed by atoms with Crippen LogP contribution in [0, 0.1) is 5.92 Å². The van der Waals surface area contributed by atoms with Gasteiger partial charge in [0, 0.05) is 68.6 Å². The van der Waals surface area contributed by atoms with Gasteiger partial charge in [-0.25, -0.2) is 8.42 Å². The Bertz CT molecular complexity index is 1820. The summed E-state index contributed by atoms with van der Waals surface area (Å²) < 4.78 is 28.0. The van der Waals surface area contributed by atoms with Crippen molar-refractivity contribution in [2.75, 3.05) is 37.2 Å². The van der Waals surface area contributed by atoms with Crippen molar-refractivity contribution in [3.05, 3.63) is 119 Å². The summed E-state index contributed by atoms with van der Waals surface area (Å²) in [7, 11) is -2.28. The Balaban J connectivity index is 1.35. The van der Waals surface area contributed by atoms with Crippen LogP contribution < -0.4 is 14.9 Å². The number of rotatable bonds is 15. The highest BCUT2D eigenvalue weighted by molar-refractivity contribution is 7.92. The van der Waals surface area contributed by atoms with Crippen LogP contribution in [-0.2, 0) is 29.5 Å². The second-order valence-electron chi connectivity index (χ2n) is 12.6. The molecule has 0 spiro atoms. The van der Waals surface area contributed by atoms with Crippen LogP contribution in [0.4, 0.5) is 5.69 Å². The van der Waals surface area contributed by atoms with Gasteiger partial charge in [0.2, 0.25) is 10.0 Å². The highest BCUT2D eigenvalue weighted by Crippen LogP contribution is 2.34. The lowest BCUT2D eigenvalue weighted by Crippen LogP contribution is -2.41. The molecule has 0 radical (unpaired) electrons. The summed E-state index contributed by atoms with van der Waals surface area (Å²) >= 11 is 0. The molecule has 1 fully saturated rings. The number of carbonyl (C=O) groups is 2. The Hall–Kier alpha value is -4.52. The summed E-state index contributed by atoms with van der Waals surface area (Å²) in [6, 6.07) is 24.0. The highest BCUT2D eigenvalue weighted by Gasteiger charge is 2.32. The molecule has 1 aliphatic rings. The molecule has 2 heterocycles. The van der Waals surface area contributed by atoms with Crippen LogP contribution >= 0.6 is 0 Å². The first-order valence-corrected chi connectivity index (χ1v) is 18.6. The molecule has 3 unspecified atom stereocenters. The largest absolute Gasteiger partial charge is 0.391 e. The quantitative estimate of drug-likeness (QED) is 0.172. The van der Waals surface area contributed by atoms with Crippen LogP contribution in [-0.4, -0.2) is 79.1 Å². The van der Waals surface area contributed by atoms with E-state index in [1.807, 2.05) is 78.5 Å². The second kappa shape index (κ2) is 16.3. The molecule has 49 heavy (non-hydrogen) atoms. The zero-order chi connectivity index (χ0) is 35.0. The van der Waals surface area contributed by atoms with E-state index in [2.05, 4.69) is 15.7 Å². The number of benzene rings is 3. The third kappa shape index (κ3) is 9.34. The minimum absolute atomic E-state index is 0.112. The lowest BCUT2D eigenvalue weighted by atomic mass is 9.93. The van der Waals surface area contributed by atoms with Gasteiger partial charge < -0.3 is 20.6 Å². The molecule has 5 rings (SSSR count). The zero-order valence-electron chi connectivity index (χ0n) is 28.3. The maximum Gasteiger partial charge on any atom is 0.254 e. The molecular formula is C37H46N6O5S. The Morgan fingerprint density at radius 3 is 2.37 bits per heavy atom. The number of aromatic nitrogens is 2. The smallest absolute Gasteiger partial charge is 0.254 e. The highest BCUT2D eigenvalue weighted by atomic mass is 32.2. The maximum absolute atomic E-state index is 14.0. The third-order valence-corrected chi connectivity index (χ3v) is 10.3. The molecule has 0 bridgehead atoms. The van der Waals surface area contributed by atoms with Crippen molar-refractivity contribution in [3.63, 3.8) is 0 Å². The van der Waals surface area contributed by atoms with Crippen molar-refractivity contribution in [1.29, 1.82) is 0 Å². The Morgan fingerprint density at radius 1 is 1.00 bits per heavy atom. The minimum atomic E-state index is -3.68. The topological polar surface area (TPSA) is 137 Å². The average Bonchev–Trinajstić information content (AvgIpc) is 3.79. The summed E-state index contributed by atoms with van der Waals surface area (Å²) in [5.41, 5.74) is 3.67. The number of likely N-dealkylation sites (tertiary alicyclic amines) is 1. The molecule has 3 atom stereocenters. The van der Waals surface area contributed by atoms with Gasteiger partial charge in [0.25, 0.3) is 11.8 Å². The standard InChI is InChI=1S/C37H46N6O5S/c1-4-42-26-28(23-40-42)22-38-25-35(44)32(18-27-12-7-5-8-13-27)24-39-36(45)30-19-31(21-33(20-30)41(2)49(3,47)48)37(46)43-17-11-16-34(43)29-14-9-6-10-15-29/h5-10,12-15,19-21,23,26,32,34-35,38,44H,4,11,16-18,22,24-25H2,1-3H3,(H,39,45). The Kier molecular flexibility index (Phi) is 11.9. The molecule has 4 aromatic rings. The van der Waals surface area contributed by atoms with Crippen molar-refractivity contribution < 1.29 is 23.1 Å². The fourth-order valence-electron chi connectivity index (χ4n) is 6.23. The summed E-state index contributed by atoms with van der Waals surface area (Å²) in [5, 5.41) is 21.8. The van der Waals surface area contributed by atoms with E-state index >= 15 is 0 Å². The molecule has 1 aromatic heterocycles. The van der Waals surface area contributed by atoms with Crippen LogP contribution in [0.5, 0.6) is 0 Å². The minimum Gasteiger partial charge on any atom is -0.391 e. The van der Waals surface area contributed by atoms with Gasteiger partial charge in [-0.05, 0) is 55.5 Å². The number of carbonyl (C=O) groups excluding carboxylic acids is 2. The normalized spacial score (nSPS) is 15.9. The molecule has 3 aromatic carbocycles. The zero-order valence-corrected chi connectivity index (χ0v) is 29.1. The van der Waals surface area contributed by atoms with Crippen LogP contribution in [0.25, 0.3) is 0 Å². The van der Waals surface area contributed by atoms with E-state index in [4.69, 9.17) is 0 Å². The predicted octanol–water partition coefficient (Wildman–Crippen LogP) is 4.02. The lowest BCUT2D eigenvalue weighted by Gasteiger charge is -2.26. The molecule has 0 aliphatic carbocycles. The van der Waals surface area contributed by atoms with Gasteiger partial charge in [-0.2, -0.15) is 5.10 Å². The van der Waals surface area contributed by atoms with Gasteiger partial charge in [-0.3, -0.25) is 18.6 Å². The number of nitrogens with one attached hydrogen (secondary N) is 2. The third-order valence-electron chi connectivity index (χ3n) is 9.09. The number of hydrogen-bond donors (Lipinski definition) is 3. The first kappa shape index (κ1) is 35.8. The van der Waals surface area contributed by atoms with E-state index < -0.39 is 22.0 Å². The van der Waals surface area contributed by atoms with Crippen molar-refractivity contribution >= 4 is 27.5 Å². The maximum atomic E-state index is 14.0. The summed E-state index contributed by atoms with van der Waals surface area (Å²) in [6.45, 7) is 4.35. The molecule has 12 heteroatoms. The van der Waals surface area contributed by atoms with Crippen LogP contribution in [0.1, 0.15) is 63.2 Å². The lowest BCUT2D eigenvalue weighted by molar-refractivity contribution is 0.0735. The van der Waals surface area contributed by atoms with Gasteiger partial charge in [0.05, 0.1) is 30.3 Å². The fraction of sp³-hybridized carbons (Fsp3) is 0.378. The number of aryl methyl sites for hydroxylation is 1.